The summed E-state index contributed by atoms with van der Waals surface area (Å²) in [5.41, 5.74) is 2.79. The lowest BCUT2D eigenvalue weighted by Gasteiger charge is -2.10. The Balaban J connectivity index is 1.60. The van der Waals surface area contributed by atoms with Crippen LogP contribution < -0.4 is 10.1 Å². The quantitative estimate of drug-likeness (QED) is 0.701. The summed E-state index contributed by atoms with van der Waals surface area (Å²) in [5, 5.41) is 2.91. The standard InChI is InChI=1S/C21H21NO3/c1-15-8-11-20(24-2)18(14-15)22-21(23)13-10-17-9-12-19(25-17)16-6-4-3-5-7-16/h3-9,11-12,14H,10,13H2,1-2H3,(H,22,23). The average molecular weight is 335 g/mol. The Morgan fingerprint density at radius 2 is 1.88 bits per heavy atom. The number of rotatable bonds is 6. The fourth-order valence-corrected chi connectivity index (χ4v) is 2.64. The molecule has 0 saturated heterocycles. The second-order valence-corrected chi connectivity index (χ2v) is 5.88. The topological polar surface area (TPSA) is 51.5 Å². The van der Waals surface area contributed by atoms with Crippen molar-refractivity contribution in [1.29, 1.82) is 0 Å². The maximum absolute atomic E-state index is 12.2. The maximum atomic E-state index is 12.2. The van der Waals surface area contributed by atoms with Crippen LogP contribution in [0, 0.1) is 6.92 Å². The van der Waals surface area contributed by atoms with Gasteiger partial charge in [-0.15, -0.1) is 0 Å². The Labute approximate surface area is 147 Å². The number of furan rings is 1. The van der Waals surface area contributed by atoms with E-state index in [1.807, 2.05) is 67.6 Å². The van der Waals surface area contributed by atoms with E-state index < -0.39 is 0 Å². The molecular formula is C21H21NO3. The predicted octanol–water partition coefficient (Wildman–Crippen LogP) is 4.83. The molecule has 0 fully saturated rings. The molecular weight excluding hydrogens is 314 g/mol. The zero-order chi connectivity index (χ0) is 17.6. The molecule has 4 heteroatoms. The molecule has 1 heterocycles. The Morgan fingerprint density at radius 3 is 2.64 bits per heavy atom. The van der Waals surface area contributed by atoms with Gasteiger partial charge >= 0.3 is 0 Å². The van der Waals surface area contributed by atoms with Gasteiger partial charge in [-0.05, 0) is 36.8 Å². The van der Waals surface area contributed by atoms with Gasteiger partial charge in [0, 0.05) is 18.4 Å². The van der Waals surface area contributed by atoms with Crippen LogP contribution in [0.4, 0.5) is 5.69 Å². The van der Waals surface area contributed by atoms with Crippen molar-refractivity contribution < 1.29 is 13.9 Å². The summed E-state index contributed by atoms with van der Waals surface area (Å²) in [4.78, 5) is 12.2. The van der Waals surface area contributed by atoms with E-state index in [0.717, 1.165) is 22.6 Å². The second-order valence-electron chi connectivity index (χ2n) is 5.88. The van der Waals surface area contributed by atoms with Crippen LogP contribution in [0.2, 0.25) is 0 Å². The normalized spacial score (nSPS) is 10.5. The Bertz CT molecular complexity index is 853. The van der Waals surface area contributed by atoms with Gasteiger partial charge in [-0.3, -0.25) is 4.79 Å². The number of ether oxygens (including phenoxy) is 1. The molecule has 0 radical (unpaired) electrons. The molecule has 1 N–H and O–H groups in total. The third-order valence-corrected chi connectivity index (χ3v) is 3.95. The van der Waals surface area contributed by atoms with Crippen LogP contribution in [-0.4, -0.2) is 13.0 Å². The molecule has 0 spiro atoms. The van der Waals surface area contributed by atoms with Crippen LogP contribution in [0.25, 0.3) is 11.3 Å². The number of amides is 1. The molecule has 25 heavy (non-hydrogen) atoms. The minimum Gasteiger partial charge on any atom is -0.495 e. The monoisotopic (exact) mass is 335 g/mol. The molecule has 3 rings (SSSR count). The number of carbonyl (C=O) groups excluding carboxylic acids is 1. The summed E-state index contributed by atoms with van der Waals surface area (Å²) in [5.74, 6) is 2.20. The van der Waals surface area contributed by atoms with E-state index in [-0.39, 0.29) is 5.91 Å². The lowest BCUT2D eigenvalue weighted by molar-refractivity contribution is -0.116. The number of benzene rings is 2. The van der Waals surface area contributed by atoms with E-state index in [0.29, 0.717) is 24.3 Å². The van der Waals surface area contributed by atoms with Crippen LogP contribution in [0.5, 0.6) is 5.75 Å². The number of aryl methyl sites for hydroxylation is 2. The lowest BCUT2D eigenvalue weighted by Crippen LogP contribution is -2.13. The zero-order valence-corrected chi connectivity index (χ0v) is 14.4. The van der Waals surface area contributed by atoms with Crippen molar-refractivity contribution in [2.45, 2.75) is 19.8 Å². The molecule has 0 aliphatic heterocycles. The molecule has 0 unspecified atom stereocenters. The van der Waals surface area contributed by atoms with Gasteiger partial charge < -0.3 is 14.5 Å². The summed E-state index contributed by atoms with van der Waals surface area (Å²) in [6.45, 7) is 1.98. The molecule has 128 valence electrons. The summed E-state index contributed by atoms with van der Waals surface area (Å²) in [6.07, 6.45) is 0.894. The number of nitrogens with one attached hydrogen (secondary N) is 1. The molecule has 0 aliphatic rings. The summed E-state index contributed by atoms with van der Waals surface area (Å²) in [6, 6.07) is 19.5. The van der Waals surface area contributed by atoms with E-state index in [4.69, 9.17) is 9.15 Å². The highest BCUT2D eigenvalue weighted by Crippen LogP contribution is 2.26. The Kier molecular flexibility index (Phi) is 5.19. The molecule has 0 aliphatic carbocycles. The van der Waals surface area contributed by atoms with E-state index in [2.05, 4.69) is 5.32 Å². The van der Waals surface area contributed by atoms with Gasteiger partial charge in [0.2, 0.25) is 5.91 Å². The zero-order valence-electron chi connectivity index (χ0n) is 14.4. The van der Waals surface area contributed by atoms with Crippen molar-refractivity contribution in [2.24, 2.45) is 0 Å². The van der Waals surface area contributed by atoms with Crippen LogP contribution in [0.1, 0.15) is 17.7 Å². The first kappa shape index (κ1) is 16.8. The van der Waals surface area contributed by atoms with Gasteiger partial charge in [0.05, 0.1) is 12.8 Å². The van der Waals surface area contributed by atoms with E-state index >= 15 is 0 Å². The van der Waals surface area contributed by atoms with Crippen LogP contribution in [0.15, 0.2) is 65.1 Å². The van der Waals surface area contributed by atoms with Gasteiger partial charge in [-0.25, -0.2) is 0 Å². The second kappa shape index (κ2) is 7.71. The number of hydrogen-bond acceptors (Lipinski definition) is 3. The van der Waals surface area contributed by atoms with Crippen LogP contribution in [0.3, 0.4) is 0 Å². The largest absolute Gasteiger partial charge is 0.495 e. The fourth-order valence-electron chi connectivity index (χ4n) is 2.64. The first-order valence-electron chi connectivity index (χ1n) is 8.24. The highest BCUT2D eigenvalue weighted by molar-refractivity contribution is 5.92. The highest BCUT2D eigenvalue weighted by Gasteiger charge is 2.10. The summed E-state index contributed by atoms with van der Waals surface area (Å²) < 4.78 is 11.1. The van der Waals surface area contributed by atoms with E-state index in [9.17, 15) is 4.79 Å². The smallest absolute Gasteiger partial charge is 0.224 e. The van der Waals surface area contributed by atoms with Gasteiger partial charge in [0.25, 0.3) is 0 Å². The van der Waals surface area contributed by atoms with Crippen LogP contribution >= 0.6 is 0 Å². The third-order valence-electron chi connectivity index (χ3n) is 3.95. The average Bonchev–Trinajstić information content (AvgIpc) is 3.10. The minimum absolute atomic E-state index is 0.0680. The molecule has 1 amide bonds. The highest BCUT2D eigenvalue weighted by atomic mass is 16.5. The molecule has 0 atom stereocenters. The SMILES string of the molecule is COc1ccc(C)cc1NC(=O)CCc1ccc(-c2ccccc2)o1. The van der Waals surface area contributed by atoms with Gasteiger partial charge in [0.15, 0.2) is 0 Å². The fraction of sp³-hybridized carbons (Fsp3) is 0.190. The molecule has 1 aromatic heterocycles. The van der Waals surface area contributed by atoms with Crippen LogP contribution in [-0.2, 0) is 11.2 Å². The third kappa shape index (κ3) is 4.29. The number of hydrogen-bond donors (Lipinski definition) is 1. The van der Waals surface area contributed by atoms with Crippen molar-refractivity contribution in [3.63, 3.8) is 0 Å². The summed E-state index contributed by atoms with van der Waals surface area (Å²) >= 11 is 0. The lowest BCUT2D eigenvalue weighted by atomic mass is 10.2. The van der Waals surface area contributed by atoms with Gasteiger partial charge in [0.1, 0.15) is 17.3 Å². The van der Waals surface area contributed by atoms with Crippen molar-refractivity contribution in [2.75, 3.05) is 12.4 Å². The molecule has 4 nitrogen and oxygen atoms in total. The van der Waals surface area contributed by atoms with E-state index in [1.165, 1.54) is 0 Å². The van der Waals surface area contributed by atoms with Crippen molar-refractivity contribution >= 4 is 11.6 Å². The number of anilines is 1. The predicted molar refractivity (Wildman–Crippen MR) is 98.8 cm³/mol. The number of methoxy groups -OCH3 is 1. The first-order valence-corrected chi connectivity index (χ1v) is 8.24. The Morgan fingerprint density at radius 1 is 1.08 bits per heavy atom. The Hall–Kier alpha value is -3.01. The van der Waals surface area contributed by atoms with Crippen molar-refractivity contribution in [3.8, 4) is 17.1 Å². The minimum atomic E-state index is -0.0680. The van der Waals surface area contributed by atoms with Gasteiger partial charge in [-0.1, -0.05) is 36.4 Å². The molecule has 2 aromatic carbocycles. The maximum Gasteiger partial charge on any atom is 0.224 e. The molecule has 3 aromatic rings. The van der Waals surface area contributed by atoms with Crippen molar-refractivity contribution in [3.05, 3.63) is 72.0 Å². The first-order chi connectivity index (χ1) is 12.2. The molecule has 0 saturated carbocycles. The number of carbonyl (C=O) groups is 1. The van der Waals surface area contributed by atoms with E-state index in [1.54, 1.807) is 7.11 Å². The van der Waals surface area contributed by atoms with Crippen molar-refractivity contribution in [1.82, 2.24) is 0 Å². The van der Waals surface area contributed by atoms with Gasteiger partial charge in [-0.2, -0.15) is 0 Å². The summed E-state index contributed by atoms with van der Waals surface area (Å²) in [7, 11) is 1.59. The molecule has 0 bridgehead atoms.